The van der Waals surface area contributed by atoms with E-state index in [-0.39, 0.29) is 23.4 Å². The normalized spacial score (nSPS) is 20.1. The van der Waals surface area contributed by atoms with Gasteiger partial charge in [0.15, 0.2) is 11.6 Å². The second-order valence-corrected chi connectivity index (χ2v) is 5.73. The number of rotatable bonds is 4. The number of carbonyl (C=O) groups is 1. The van der Waals surface area contributed by atoms with Crippen LogP contribution in [0, 0.1) is 18.2 Å². The van der Waals surface area contributed by atoms with Crippen molar-refractivity contribution < 1.29 is 23.0 Å². The topological polar surface area (TPSA) is 52.2 Å². The lowest BCUT2D eigenvalue weighted by atomic mass is 9.80. The van der Waals surface area contributed by atoms with Gasteiger partial charge in [0, 0.05) is 7.11 Å². The molecule has 5 nitrogen and oxygen atoms in total. The summed E-state index contributed by atoms with van der Waals surface area (Å²) < 4.78 is 37.3. The maximum Gasteiger partial charge on any atom is 0.336 e. The number of nitrogens with zero attached hydrogens (tertiary/aromatic N) is 2. The number of benzene rings is 1. The summed E-state index contributed by atoms with van der Waals surface area (Å²) in [6.45, 7) is 9.07. The number of carbonyl (C=O) groups excluding carboxylic acids is 1. The summed E-state index contributed by atoms with van der Waals surface area (Å²) in [4.78, 5) is 20.1. The SMILES string of the molecule is [C-]#[N+]C1C(C)=NC(COC)=C(C(=O)OC)C1c1ccc(F)c(F)c1Cl. The lowest BCUT2D eigenvalue weighted by Crippen LogP contribution is -2.33. The van der Waals surface area contributed by atoms with Gasteiger partial charge >= 0.3 is 5.97 Å². The highest BCUT2D eigenvalue weighted by Gasteiger charge is 2.44. The van der Waals surface area contributed by atoms with Gasteiger partial charge in [-0.3, -0.25) is 4.99 Å². The molecule has 1 aliphatic heterocycles. The number of methoxy groups -OCH3 is 2. The van der Waals surface area contributed by atoms with Gasteiger partial charge in [-0.25, -0.2) is 20.1 Å². The number of hydrogen-bond acceptors (Lipinski definition) is 4. The standard InChI is InChI=1S/C17H15ClF2N2O3/c1-8-16(21-2)12(9-5-6-10(19)15(20)14(9)18)13(17(23)25-4)11(22-8)7-24-3/h5-6,12,16H,7H2,1,3-4H3. The molecule has 0 bridgehead atoms. The molecule has 1 heterocycles. The summed E-state index contributed by atoms with van der Waals surface area (Å²) >= 11 is 5.98. The maximum absolute atomic E-state index is 14.0. The molecule has 2 unspecified atom stereocenters. The zero-order valence-corrected chi connectivity index (χ0v) is 14.5. The number of ether oxygens (including phenoxy) is 2. The molecule has 1 aliphatic rings. The van der Waals surface area contributed by atoms with Crippen LogP contribution >= 0.6 is 11.6 Å². The van der Waals surface area contributed by atoms with Crippen LogP contribution in [-0.4, -0.2) is 38.5 Å². The Morgan fingerprint density at radius 1 is 1.40 bits per heavy atom. The Kier molecular flexibility index (Phi) is 5.88. The van der Waals surface area contributed by atoms with Gasteiger partial charge in [0.25, 0.3) is 6.04 Å². The monoisotopic (exact) mass is 368 g/mol. The van der Waals surface area contributed by atoms with E-state index >= 15 is 0 Å². The Balaban J connectivity index is 2.77. The van der Waals surface area contributed by atoms with Gasteiger partial charge in [-0.15, -0.1) is 0 Å². The molecule has 0 aliphatic carbocycles. The molecule has 132 valence electrons. The van der Waals surface area contributed by atoms with Crippen molar-refractivity contribution in [3.05, 3.63) is 57.0 Å². The van der Waals surface area contributed by atoms with Crippen LogP contribution in [0.1, 0.15) is 18.4 Å². The molecule has 25 heavy (non-hydrogen) atoms. The molecule has 0 N–H and O–H groups in total. The van der Waals surface area contributed by atoms with Crippen LogP contribution in [-0.2, 0) is 14.3 Å². The molecule has 2 atom stereocenters. The molecule has 0 saturated heterocycles. The van der Waals surface area contributed by atoms with Crippen LogP contribution in [0.4, 0.5) is 8.78 Å². The Morgan fingerprint density at radius 3 is 2.64 bits per heavy atom. The highest BCUT2D eigenvalue weighted by Crippen LogP contribution is 2.41. The Morgan fingerprint density at radius 2 is 2.08 bits per heavy atom. The summed E-state index contributed by atoms with van der Waals surface area (Å²) in [5, 5.41) is -0.480. The molecule has 2 rings (SSSR count). The number of esters is 1. The van der Waals surface area contributed by atoms with Crippen molar-refractivity contribution in [2.45, 2.75) is 18.9 Å². The van der Waals surface area contributed by atoms with Crippen molar-refractivity contribution in [3.63, 3.8) is 0 Å². The summed E-state index contributed by atoms with van der Waals surface area (Å²) in [5.74, 6) is -4.03. The molecule has 8 heteroatoms. The summed E-state index contributed by atoms with van der Waals surface area (Å²) in [6, 6.07) is 1.26. The highest BCUT2D eigenvalue weighted by atomic mass is 35.5. The smallest absolute Gasteiger partial charge is 0.336 e. The molecular formula is C17H15ClF2N2O3. The van der Waals surface area contributed by atoms with Gasteiger partial charge in [0.1, 0.15) is 5.92 Å². The predicted octanol–water partition coefficient (Wildman–Crippen LogP) is 3.54. The molecule has 0 aromatic heterocycles. The van der Waals surface area contributed by atoms with Gasteiger partial charge < -0.3 is 14.3 Å². The quantitative estimate of drug-likeness (QED) is 0.464. The van der Waals surface area contributed by atoms with Crippen molar-refractivity contribution in [3.8, 4) is 0 Å². The van der Waals surface area contributed by atoms with E-state index in [1.807, 2.05) is 0 Å². The van der Waals surface area contributed by atoms with E-state index in [0.29, 0.717) is 5.71 Å². The van der Waals surface area contributed by atoms with E-state index in [1.54, 1.807) is 6.92 Å². The molecule has 0 radical (unpaired) electrons. The predicted molar refractivity (Wildman–Crippen MR) is 88.5 cm³/mol. The fraction of sp³-hybridized carbons (Fsp3) is 0.353. The molecule has 1 aromatic carbocycles. The van der Waals surface area contributed by atoms with Gasteiger partial charge in [0.05, 0.1) is 35.7 Å². The van der Waals surface area contributed by atoms with Crippen LogP contribution in [0.3, 0.4) is 0 Å². The van der Waals surface area contributed by atoms with Crippen LogP contribution < -0.4 is 0 Å². The van der Waals surface area contributed by atoms with Gasteiger partial charge in [-0.05, 0) is 18.6 Å². The highest BCUT2D eigenvalue weighted by molar-refractivity contribution is 6.31. The van der Waals surface area contributed by atoms with Crippen LogP contribution in [0.2, 0.25) is 5.02 Å². The van der Waals surface area contributed by atoms with Crippen molar-refractivity contribution in [1.29, 1.82) is 0 Å². The second kappa shape index (κ2) is 7.72. The first kappa shape index (κ1) is 19.0. The third kappa shape index (κ3) is 3.41. The van der Waals surface area contributed by atoms with Crippen LogP contribution in [0.15, 0.2) is 28.4 Å². The fourth-order valence-electron chi connectivity index (χ4n) is 2.79. The lowest BCUT2D eigenvalue weighted by molar-refractivity contribution is -0.136. The van der Waals surface area contributed by atoms with E-state index in [2.05, 4.69) is 9.84 Å². The molecule has 0 spiro atoms. The zero-order valence-electron chi connectivity index (χ0n) is 13.8. The van der Waals surface area contributed by atoms with E-state index in [1.165, 1.54) is 20.3 Å². The van der Waals surface area contributed by atoms with Gasteiger partial charge in [0.2, 0.25) is 0 Å². The number of hydrogen-bond donors (Lipinski definition) is 0. The molecular weight excluding hydrogens is 354 g/mol. The van der Waals surface area contributed by atoms with E-state index in [4.69, 9.17) is 27.6 Å². The van der Waals surface area contributed by atoms with Crippen LogP contribution in [0.25, 0.3) is 4.85 Å². The van der Waals surface area contributed by atoms with E-state index in [0.717, 1.165) is 6.07 Å². The van der Waals surface area contributed by atoms with Crippen molar-refractivity contribution >= 4 is 23.3 Å². The minimum absolute atomic E-state index is 0.00963. The lowest BCUT2D eigenvalue weighted by Gasteiger charge is -2.27. The Labute approximate surface area is 148 Å². The zero-order chi connectivity index (χ0) is 18.7. The van der Waals surface area contributed by atoms with Crippen molar-refractivity contribution in [2.24, 2.45) is 4.99 Å². The summed E-state index contributed by atoms with van der Waals surface area (Å²) in [7, 11) is 2.61. The van der Waals surface area contributed by atoms with Crippen molar-refractivity contribution in [1.82, 2.24) is 0 Å². The Bertz CT molecular complexity index is 815. The van der Waals surface area contributed by atoms with Crippen molar-refractivity contribution in [2.75, 3.05) is 20.8 Å². The summed E-state index contributed by atoms with van der Waals surface area (Å²) in [6.07, 6.45) is 0. The number of aliphatic imine (C=N–C) groups is 1. The largest absolute Gasteiger partial charge is 0.466 e. The molecule has 0 saturated carbocycles. The minimum Gasteiger partial charge on any atom is -0.466 e. The third-order valence-electron chi connectivity index (χ3n) is 3.90. The van der Waals surface area contributed by atoms with Crippen LogP contribution in [0.5, 0.6) is 0 Å². The molecule has 0 fully saturated rings. The molecule has 0 amide bonds. The van der Waals surface area contributed by atoms with Gasteiger partial charge in [-0.1, -0.05) is 17.7 Å². The average molecular weight is 369 g/mol. The number of halogens is 3. The van der Waals surface area contributed by atoms with E-state index < -0.39 is 34.6 Å². The first-order valence-electron chi connectivity index (χ1n) is 7.22. The minimum atomic E-state index is -1.24. The fourth-order valence-corrected chi connectivity index (χ4v) is 3.06. The van der Waals surface area contributed by atoms with Gasteiger partial charge in [-0.2, -0.15) is 0 Å². The Hall–Kier alpha value is -2.30. The first-order valence-corrected chi connectivity index (χ1v) is 7.60. The molecule has 1 aromatic rings. The average Bonchev–Trinajstić information content (AvgIpc) is 2.59. The maximum atomic E-state index is 14.0. The third-order valence-corrected chi connectivity index (χ3v) is 4.29. The van der Waals surface area contributed by atoms with E-state index in [9.17, 15) is 13.6 Å². The first-order chi connectivity index (χ1) is 11.9. The second-order valence-electron chi connectivity index (χ2n) is 5.35. The summed E-state index contributed by atoms with van der Waals surface area (Å²) in [5.41, 5.74) is 0.840.